The van der Waals surface area contributed by atoms with Crippen molar-refractivity contribution in [3.63, 3.8) is 0 Å². The summed E-state index contributed by atoms with van der Waals surface area (Å²) in [5.74, 6) is 1.77. The number of epoxide rings is 2. The van der Waals surface area contributed by atoms with Crippen molar-refractivity contribution in [2.45, 2.75) is 37.9 Å². The Morgan fingerprint density at radius 1 is 0.696 bits per heavy atom. The van der Waals surface area contributed by atoms with Crippen LogP contribution in [0, 0.1) is 0 Å². The van der Waals surface area contributed by atoms with Gasteiger partial charge in [0.2, 0.25) is 0 Å². The smallest absolute Gasteiger partial charge is 0.127 e. The van der Waals surface area contributed by atoms with E-state index in [4.69, 9.17) is 14.2 Å². The van der Waals surface area contributed by atoms with Crippen LogP contribution in [-0.4, -0.2) is 25.4 Å². The molecule has 0 spiro atoms. The molecule has 2 unspecified atom stereocenters. The lowest BCUT2D eigenvalue weighted by Crippen LogP contribution is -1.92. The molecule has 2 aliphatic heterocycles. The van der Waals surface area contributed by atoms with Gasteiger partial charge in [0.1, 0.15) is 11.5 Å². The van der Waals surface area contributed by atoms with Crippen LogP contribution in [0.25, 0.3) is 0 Å². The SMILES string of the molecule is c1cc(Oc2ccc(CCC3CO3)cc2)ccc1CCC1CO1. The summed E-state index contributed by atoms with van der Waals surface area (Å²) in [4.78, 5) is 0. The van der Waals surface area contributed by atoms with Crippen LogP contribution in [0.4, 0.5) is 0 Å². The third-order valence-electron chi connectivity index (χ3n) is 4.40. The van der Waals surface area contributed by atoms with Crippen LogP contribution in [0.15, 0.2) is 48.5 Å². The molecule has 0 bridgehead atoms. The highest BCUT2D eigenvalue weighted by Crippen LogP contribution is 2.24. The van der Waals surface area contributed by atoms with Crippen LogP contribution in [0.1, 0.15) is 24.0 Å². The van der Waals surface area contributed by atoms with Crippen LogP contribution in [0.5, 0.6) is 11.5 Å². The lowest BCUT2D eigenvalue weighted by atomic mass is 10.1. The fourth-order valence-corrected chi connectivity index (χ4v) is 2.71. The molecule has 2 fully saturated rings. The summed E-state index contributed by atoms with van der Waals surface area (Å²) in [6.07, 6.45) is 5.38. The Morgan fingerprint density at radius 2 is 1.09 bits per heavy atom. The van der Waals surface area contributed by atoms with Crippen LogP contribution in [-0.2, 0) is 22.3 Å². The van der Waals surface area contributed by atoms with Crippen molar-refractivity contribution in [2.24, 2.45) is 0 Å². The van der Waals surface area contributed by atoms with E-state index in [1.807, 2.05) is 24.3 Å². The van der Waals surface area contributed by atoms with Gasteiger partial charge in [-0.15, -0.1) is 0 Å². The van der Waals surface area contributed by atoms with Crippen molar-refractivity contribution in [3.8, 4) is 11.5 Å². The highest BCUT2D eigenvalue weighted by Gasteiger charge is 2.22. The van der Waals surface area contributed by atoms with E-state index in [0.29, 0.717) is 12.2 Å². The summed E-state index contributed by atoms with van der Waals surface area (Å²) >= 11 is 0. The van der Waals surface area contributed by atoms with Gasteiger partial charge in [-0.05, 0) is 61.1 Å². The minimum absolute atomic E-state index is 0.496. The van der Waals surface area contributed by atoms with E-state index in [1.165, 1.54) is 11.1 Å². The van der Waals surface area contributed by atoms with Gasteiger partial charge in [-0.25, -0.2) is 0 Å². The number of aryl methyl sites for hydroxylation is 2. The molecule has 0 radical (unpaired) electrons. The predicted molar refractivity (Wildman–Crippen MR) is 89.1 cm³/mol. The van der Waals surface area contributed by atoms with Crippen LogP contribution >= 0.6 is 0 Å². The maximum atomic E-state index is 5.91. The molecule has 2 heterocycles. The first-order valence-electron chi connectivity index (χ1n) is 8.44. The molecule has 4 rings (SSSR count). The van der Waals surface area contributed by atoms with Crippen molar-refractivity contribution >= 4 is 0 Å². The molecule has 2 aliphatic rings. The monoisotopic (exact) mass is 310 g/mol. The molecule has 0 saturated carbocycles. The zero-order valence-electron chi connectivity index (χ0n) is 13.2. The molecular weight excluding hydrogens is 288 g/mol. The normalized spacial score (nSPS) is 21.9. The fourth-order valence-electron chi connectivity index (χ4n) is 2.71. The van der Waals surface area contributed by atoms with Crippen LogP contribution in [0.3, 0.4) is 0 Å². The summed E-state index contributed by atoms with van der Waals surface area (Å²) in [6.45, 7) is 1.87. The van der Waals surface area contributed by atoms with E-state index < -0.39 is 0 Å². The van der Waals surface area contributed by atoms with Crippen molar-refractivity contribution in [3.05, 3.63) is 59.7 Å². The first kappa shape index (κ1) is 14.7. The molecule has 2 atom stereocenters. The molecule has 120 valence electrons. The van der Waals surface area contributed by atoms with Crippen LogP contribution in [0.2, 0.25) is 0 Å². The fraction of sp³-hybridized carbons (Fsp3) is 0.400. The topological polar surface area (TPSA) is 34.3 Å². The predicted octanol–water partition coefficient (Wildman–Crippen LogP) is 4.14. The molecular formula is C20H22O3. The Balaban J connectivity index is 1.29. The lowest BCUT2D eigenvalue weighted by molar-refractivity contribution is 0.396. The molecule has 0 N–H and O–H groups in total. The van der Waals surface area contributed by atoms with E-state index >= 15 is 0 Å². The Labute approximate surface area is 137 Å². The zero-order chi connectivity index (χ0) is 15.5. The van der Waals surface area contributed by atoms with E-state index in [9.17, 15) is 0 Å². The molecule has 0 aliphatic carbocycles. The van der Waals surface area contributed by atoms with Gasteiger partial charge in [-0.3, -0.25) is 0 Å². The molecule has 3 nitrogen and oxygen atoms in total. The molecule has 23 heavy (non-hydrogen) atoms. The Bertz CT molecular complexity index is 567. The highest BCUT2D eigenvalue weighted by molar-refractivity contribution is 5.34. The van der Waals surface area contributed by atoms with Crippen molar-refractivity contribution < 1.29 is 14.2 Å². The molecule has 2 aromatic carbocycles. The van der Waals surface area contributed by atoms with Gasteiger partial charge >= 0.3 is 0 Å². The Hall–Kier alpha value is -1.84. The number of benzene rings is 2. The van der Waals surface area contributed by atoms with Gasteiger partial charge < -0.3 is 14.2 Å². The molecule has 2 saturated heterocycles. The van der Waals surface area contributed by atoms with Crippen molar-refractivity contribution in [1.29, 1.82) is 0 Å². The number of hydrogen-bond acceptors (Lipinski definition) is 3. The summed E-state index contributed by atoms with van der Waals surface area (Å²) in [7, 11) is 0. The first-order chi connectivity index (χ1) is 11.3. The van der Waals surface area contributed by atoms with Gasteiger partial charge in [0.25, 0.3) is 0 Å². The minimum Gasteiger partial charge on any atom is -0.457 e. The van der Waals surface area contributed by atoms with Gasteiger partial charge in [0.05, 0.1) is 25.4 Å². The van der Waals surface area contributed by atoms with Crippen molar-refractivity contribution in [2.75, 3.05) is 13.2 Å². The standard InChI is InChI=1S/C20H22O3/c1-7-17(8-2-15(1)5-11-19-13-21-19)23-18-9-3-16(4-10-18)6-12-20-14-22-20/h1-4,7-10,19-20H,5-6,11-14H2. The quantitative estimate of drug-likeness (QED) is 0.687. The number of ether oxygens (including phenoxy) is 3. The highest BCUT2D eigenvalue weighted by atomic mass is 16.6. The van der Waals surface area contributed by atoms with E-state index in [1.54, 1.807) is 0 Å². The van der Waals surface area contributed by atoms with E-state index in [0.717, 1.165) is 50.4 Å². The summed E-state index contributed by atoms with van der Waals surface area (Å²) in [6, 6.07) is 16.7. The summed E-state index contributed by atoms with van der Waals surface area (Å²) in [5.41, 5.74) is 2.68. The van der Waals surface area contributed by atoms with Gasteiger partial charge in [0.15, 0.2) is 0 Å². The number of rotatable bonds is 8. The average Bonchev–Trinajstić information content (AvgIpc) is 3.48. The number of hydrogen-bond donors (Lipinski definition) is 0. The average molecular weight is 310 g/mol. The maximum Gasteiger partial charge on any atom is 0.127 e. The maximum absolute atomic E-state index is 5.91. The second kappa shape index (κ2) is 6.73. The summed E-state index contributed by atoms with van der Waals surface area (Å²) in [5, 5.41) is 0. The van der Waals surface area contributed by atoms with E-state index in [2.05, 4.69) is 24.3 Å². The van der Waals surface area contributed by atoms with Crippen LogP contribution < -0.4 is 4.74 Å². The van der Waals surface area contributed by atoms with Gasteiger partial charge in [-0.1, -0.05) is 24.3 Å². The summed E-state index contributed by atoms with van der Waals surface area (Å²) < 4.78 is 16.4. The van der Waals surface area contributed by atoms with Crippen molar-refractivity contribution in [1.82, 2.24) is 0 Å². The zero-order valence-corrected chi connectivity index (χ0v) is 13.2. The third-order valence-corrected chi connectivity index (χ3v) is 4.40. The largest absolute Gasteiger partial charge is 0.457 e. The lowest BCUT2D eigenvalue weighted by Gasteiger charge is -2.08. The van der Waals surface area contributed by atoms with E-state index in [-0.39, 0.29) is 0 Å². The second-order valence-electron chi connectivity index (χ2n) is 6.38. The van der Waals surface area contributed by atoms with Gasteiger partial charge in [-0.2, -0.15) is 0 Å². The first-order valence-corrected chi connectivity index (χ1v) is 8.44. The molecule has 0 amide bonds. The molecule has 0 aromatic heterocycles. The van der Waals surface area contributed by atoms with Gasteiger partial charge in [0, 0.05) is 0 Å². The second-order valence-corrected chi connectivity index (χ2v) is 6.38. The molecule has 3 heteroatoms. The Morgan fingerprint density at radius 3 is 1.43 bits per heavy atom. The molecule has 2 aromatic rings. The Kier molecular flexibility index (Phi) is 4.31. The third kappa shape index (κ3) is 4.57. The minimum atomic E-state index is 0.496.